The van der Waals surface area contributed by atoms with Crippen molar-refractivity contribution in [1.82, 2.24) is 0 Å². The van der Waals surface area contributed by atoms with Crippen LogP contribution >= 0.6 is 11.8 Å². The van der Waals surface area contributed by atoms with E-state index in [0.717, 1.165) is 16.7 Å². The van der Waals surface area contributed by atoms with Crippen LogP contribution in [0.1, 0.15) is 16.7 Å². The molecule has 0 unspecified atom stereocenters. The third-order valence-corrected chi connectivity index (χ3v) is 8.86. The van der Waals surface area contributed by atoms with Gasteiger partial charge in [0.1, 0.15) is 5.75 Å². The number of anilines is 1. The summed E-state index contributed by atoms with van der Waals surface area (Å²) in [7, 11) is -2.12. The first-order valence-corrected chi connectivity index (χ1v) is 13.1. The number of ether oxygens (including phenoxy) is 1. The van der Waals surface area contributed by atoms with Gasteiger partial charge in [0.25, 0.3) is 5.91 Å². The van der Waals surface area contributed by atoms with Gasteiger partial charge in [0.2, 0.25) is 0 Å². The number of carbonyl (C=O) groups excluding carboxylic acids is 1. The predicted molar refractivity (Wildman–Crippen MR) is 122 cm³/mol. The lowest BCUT2D eigenvalue weighted by atomic mass is 10.1. The Kier molecular flexibility index (Phi) is 6.79. The minimum Gasteiger partial charge on any atom is -0.497 e. The van der Waals surface area contributed by atoms with E-state index in [1.165, 1.54) is 7.11 Å². The maximum Gasteiger partial charge on any atom is 0.416 e. The first-order chi connectivity index (χ1) is 16.7. The highest BCUT2D eigenvalue weighted by Crippen LogP contribution is 2.44. The number of alkyl halides is 6. The van der Waals surface area contributed by atoms with Crippen LogP contribution in [0.25, 0.3) is 0 Å². The fraction of sp³-hybridized carbons (Fsp3) is 0.364. The van der Waals surface area contributed by atoms with Crippen molar-refractivity contribution >= 4 is 38.4 Å². The molecule has 14 heteroatoms. The van der Waals surface area contributed by atoms with E-state index in [-0.39, 0.29) is 23.4 Å². The van der Waals surface area contributed by atoms with Gasteiger partial charge in [-0.05, 0) is 35.9 Å². The summed E-state index contributed by atoms with van der Waals surface area (Å²) in [6.07, 6.45) is -10.4. The summed E-state index contributed by atoms with van der Waals surface area (Å²) in [6.45, 7) is 0. The molecule has 2 saturated heterocycles. The maximum absolute atomic E-state index is 13.4. The Balaban J connectivity index is 1.75. The van der Waals surface area contributed by atoms with Crippen molar-refractivity contribution in [2.45, 2.75) is 30.1 Å². The van der Waals surface area contributed by atoms with Crippen molar-refractivity contribution in [3.8, 4) is 5.75 Å². The van der Waals surface area contributed by atoms with Gasteiger partial charge in [0.15, 0.2) is 15.0 Å². The van der Waals surface area contributed by atoms with Gasteiger partial charge in [-0.3, -0.25) is 4.79 Å². The molecule has 2 aromatic rings. The van der Waals surface area contributed by atoms with Crippen LogP contribution in [0, 0.1) is 0 Å². The number of halogens is 6. The average Bonchev–Trinajstić information content (AvgIpc) is 3.23. The quantitative estimate of drug-likeness (QED) is 0.518. The number of fused-ring (bicyclic) bond motifs is 1. The van der Waals surface area contributed by atoms with Crippen LogP contribution in [0.3, 0.4) is 0 Å². The van der Waals surface area contributed by atoms with Crippen molar-refractivity contribution in [1.29, 1.82) is 0 Å². The molecule has 0 aliphatic carbocycles. The van der Waals surface area contributed by atoms with E-state index >= 15 is 0 Å². The van der Waals surface area contributed by atoms with Gasteiger partial charge in [-0.15, -0.1) is 0 Å². The summed E-state index contributed by atoms with van der Waals surface area (Å²) in [6, 6.07) is 6.48. The molecule has 1 amide bonds. The van der Waals surface area contributed by atoms with Crippen molar-refractivity contribution in [2.24, 2.45) is 4.99 Å². The van der Waals surface area contributed by atoms with E-state index in [2.05, 4.69) is 4.99 Å². The molecule has 0 saturated carbocycles. The first kappa shape index (κ1) is 26.3. The summed E-state index contributed by atoms with van der Waals surface area (Å²) in [4.78, 5) is 17.6. The fourth-order valence-electron chi connectivity index (χ4n) is 4.01. The average molecular weight is 553 g/mol. The molecule has 0 radical (unpaired) electrons. The number of nitrogens with zero attached hydrogens (tertiary/aromatic N) is 2. The van der Waals surface area contributed by atoms with Crippen LogP contribution < -0.4 is 9.64 Å². The maximum atomic E-state index is 13.4. The van der Waals surface area contributed by atoms with E-state index in [1.54, 1.807) is 24.3 Å². The summed E-state index contributed by atoms with van der Waals surface area (Å²) in [5, 5.41) is -0.850. The molecule has 6 nitrogen and oxygen atoms in total. The Morgan fingerprint density at radius 3 is 2.14 bits per heavy atom. The lowest BCUT2D eigenvalue weighted by Crippen LogP contribution is -2.38. The number of methoxy groups -OCH3 is 1. The van der Waals surface area contributed by atoms with Gasteiger partial charge in [-0.1, -0.05) is 23.9 Å². The Morgan fingerprint density at radius 1 is 1.03 bits per heavy atom. The van der Waals surface area contributed by atoms with Gasteiger partial charge in [-0.25, -0.2) is 8.42 Å². The number of benzene rings is 2. The zero-order valence-electron chi connectivity index (χ0n) is 18.4. The van der Waals surface area contributed by atoms with Gasteiger partial charge in [0.05, 0.1) is 42.2 Å². The highest BCUT2D eigenvalue weighted by atomic mass is 32.2. The summed E-state index contributed by atoms with van der Waals surface area (Å²) in [5.41, 5.74) is -3.08. The summed E-state index contributed by atoms with van der Waals surface area (Å²) < 4.78 is 110. The number of amides is 1. The van der Waals surface area contributed by atoms with Crippen LogP contribution in [0.5, 0.6) is 5.75 Å². The van der Waals surface area contributed by atoms with Crippen LogP contribution in [-0.2, 0) is 33.4 Å². The molecule has 0 bridgehead atoms. The first-order valence-electron chi connectivity index (χ1n) is 10.4. The topological polar surface area (TPSA) is 76.0 Å². The summed E-state index contributed by atoms with van der Waals surface area (Å²) in [5.74, 6) is -0.976. The van der Waals surface area contributed by atoms with Crippen LogP contribution in [0.15, 0.2) is 47.5 Å². The largest absolute Gasteiger partial charge is 0.497 e. The van der Waals surface area contributed by atoms with E-state index in [4.69, 9.17) is 4.74 Å². The second-order valence-corrected chi connectivity index (χ2v) is 11.6. The van der Waals surface area contributed by atoms with Crippen molar-refractivity contribution in [3.63, 3.8) is 0 Å². The fourth-order valence-corrected chi connectivity index (χ4v) is 7.94. The van der Waals surface area contributed by atoms with E-state index in [0.29, 0.717) is 23.4 Å². The molecule has 2 atom stereocenters. The highest BCUT2D eigenvalue weighted by molar-refractivity contribution is 8.16. The molecule has 2 aliphatic rings. The zero-order chi connectivity index (χ0) is 26.5. The SMILES string of the molecule is COc1ccc(CC(=O)N=C2S[C@H]3CS(=O)(=O)C[C@@H]3N2c2cc(C(F)(F)F)cc(C(F)(F)F)c2)cc1. The Morgan fingerprint density at radius 2 is 1.61 bits per heavy atom. The van der Waals surface area contributed by atoms with E-state index < -0.39 is 62.0 Å². The molecular weight excluding hydrogens is 534 g/mol. The third kappa shape index (κ3) is 5.64. The second-order valence-electron chi connectivity index (χ2n) is 8.25. The lowest BCUT2D eigenvalue weighted by Gasteiger charge is -2.26. The minimum atomic E-state index is -5.09. The van der Waals surface area contributed by atoms with Crippen LogP contribution in [0.2, 0.25) is 0 Å². The van der Waals surface area contributed by atoms with Gasteiger partial charge < -0.3 is 9.64 Å². The van der Waals surface area contributed by atoms with Crippen LogP contribution in [-0.4, -0.2) is 49.4 Å². The molecular formula is C22H18F6N2O4S2. The number of hydrogen-bond acceptors (Lipinski definition) is 5. The van der Waals surface area contributed by atoms with Gasteiger partial charge in [-0.2, -0.15) is 31.3 Å². The smallest absolute Gasteiger partial charge is 0.416 e. The molecule has 4 rings (SSSR count). The number of carbonyl (C=O) groups is 1. The van der Waals surface area contributed by atoms with Crippen molar-refractivity contribution in [3.05, 3.63) is 59.2 Å². The monoisotopic (exact) mass is 552 g/mol. The lowest BCUT2D eigenvalue weighted by molar-refractivity contribution is -0.143. The number of amidine groups is 1. The number of aliphatic imine (C=N–C) groups is 1. The molecule has 0 N–H and O–H groups in total. The second kappa shape index (κ2) is 9.29. The van der Waals surface area contributed by atoms with Crippen LogP contribution in [0.4, 0.5) is 32.0 Å². The van der Waals surface area contributed by atoms with Gasteiger partial charge >= 0.3 is 12.4 Å². The molecule has 2 aliphatic heterocycles. The Bertz CT molecular complexity index is 1280. The number of sulfone groups is 1. The molecule has 2 aromatic carbocycles. The number of hydrogen-bond donors (Lipinski definition) is 0. The summed E-state index contributed by atoms with van der Waals surface area (Å²) >= 11 is 0.852. The highest BCUT2D eigenvalue weighted by Gasteiger charge is 2.50. The van der Waals surface area contributed by atoms with Gasteiger partial charge in [0, 0.05) is 10.9 Å². The minimum absolute atomic E-state index is 0.0127. The Hall–Kier alpha value is -2.74. The third-order valence-electron chi connectivity index (χ3n) is 5.65. The number of thioether (sulfide) groups is 1. The van der Waals surface area contributed by atoms with Crippen molar-refractivity contribution < 1.29 is 44.3 Å². The normalized spacial score (nSPS) is 22.6. The number of rotatable bonds is 4. The van der Waals surface area contributed by atoms with E-state index in [9.17, 15) is 39.6 Å². The molecule has 194 valence electrons. The van der Waals surface area contributed by atoms with E-state index in [1.807, 2.05) is 0 Å². The molecule has 36 heavy (non-hydrogen) atoms. The zero-order valence-corrected chi connectivity index (χ0v) is 20.1. The predicted octanol–water partition coefficient (Wildman–Crippen LogP) is 4.58. The van der Waals surface area contributed by atoms with Crippen molar-refractivity contribution in [2.75, 3.05) is 23.5 Å². The standard InChI is InChI=1S/C22H18F6N2O4S2/c1-34-16-4-2-12(3-5-16)6-19(31)29-20-30(17-10-36(32,33)11-18(17)35-20)15-8-13(21(23,24)25)7-14(9-15)22(26,27)28/h2-5,7-9,17-18H,6,10-11H2,1H3/t17-,18-/m0/s1. The molecule has 2 fully saturated rings. The molecule has 0 aromatic heterocycles. The Labute approximate surface area is 206 Å². The molecule has 0 spiro atoms. The molecule has 2 heterocycles.